The Morgan fingerprint density at radius 3 is 2.53 bits per heavy atom. The molecule has 0 fully saturated rings. The maximum Gasteiger partial charge on any atom is 0.161 e. The number of aromatic nitrogens is 1. The average molecular weight is 440 g/mol. The van der Waals surface area contributed by atoms with E-state index in [1.807, 2.05) is 30.3 Å². The number of hydrogen-bond acceptors (Lipinski definition) is 6. The van der Waals surface area contributed by atoms with E-state index in [-0.39, 0.29) is 23.1 Å². The number of methoxy groups -OCH3 is 1. The molecule has 8 nitrogen and oxygen atoms in total. The van der Waals surface area contributed by atoms with Gasteiger partial charge in [0.2, 0.25) is 0 Å². The van der Waals surface area contributed by atoms with Gasteiger partial charge in [0.05, 0.1) is 36.4 Å². The smallest absolute Gasteiger partial charge is 0.161 e. The quantitative estimate of drug-likeness (QED) is 0.269. The van der Waals surface area contributed by atoms with E-state index in [9.17, 15) is 10.0 Å². The van der Waals surface area contributed by atoms with Gasteiger partial charge >= 0.3 is 0 Å². The molecule has 32 heavy (non-hydrogen) atoms. The van der Waals surface area contributed by atoms with E-state index in [0.29, 0.717) is 5.75 Å². The van der Waals surface area contributed by atoms with Gasteiger partial charge in [0.25, 0.3) is 0 Å². The number of nitrogens with zero attached hydrogens (tertiary/aromatic N) is 2. The van der Waals surface area contributed by atoms with E-state index in [1.165, 1.54) is 19.2 Å². The molecule has 0 aliphatic rings. The first-order valence-corrected chi connectivity index (χ1v) is 9.91. The number of nitroso groups, excluding NO2 is 1. The SMILES string of the molecule is [2H]C([2H])(Oc1ccccc1OC)C([2H])([2H])N(CC(O)COc1cccc2[nH]c3ccccc3c12)N=O. The summed E-state index contributed by atoms with van der Waals surface area (Å²) in [5, 5.41) is 15.2. The predicted octanol–water partition coefficient (Wildman–Crippen LogP) is 4.13. The molecule has 0 aliphatic carbocycles. The lowest BCUT2D eigenvalue weighted by Crippen LogP contribution is -2.34. The third kappa shape index (κ3) is 4.76. The molecule has 8 heteroatoms. The van der Waals surface area contributed by atoms with Crippen LogP contribution in [-0.2, 0) is 0 Å². The van der Waals surface area contributed by atoms with Crippen molar-refractivity contribution >= 4 is 21.8 Å². The normalized spacial score (nSPS) is 14.7. The van der Waals surface area contributed by atoms with Crippen molar-refractivity contribution in [1.29, 1.82) is 0 Å². The molecule has 0 saturated carbocycles. The molecule has 1 heterocycles. The van der Waals surface area contributed by atoms with Gasteiger partial charge in [-0.3, -0.25) is 5.01 Å². The molecule has 4 rings (SSSR count). The first-order valence-electron chi connectivity index (χ1n) is 11.9. The highest BCUT2D eigenvalue weighted by Gasteiger charge is 2.15. The van der Waals surface area contributed by atoms with Crippen LogP contribution < -0.4 is 14.2 Å². The van der Waals surface area contributed by atoms with Crippen LogP contribution in [0.1, 0.15) is 5.48 Å². The summed E-state index contributed by atoms with van der Waals surface area (Å²) in [6, 6.07) is 19.2. The molecule has 1 atom stereocenters. The summed E-state index contributed by atoms with van der Waals surface area (Å²) in [6.45, 7) is -7.02. The van der Waals surface area contributed by atoms with Crippen LogP contribution in [0.15, 0.2) is 72.0 Å². The van der Waals surface area contributed by atoms with Crippen molar-refractivity contribution in [3.8, 4) is 17.2 Å². The van der Waals surface area contributed by atoms with Crippen molar-refractivity contribution < 1.29 is 24.8 Å². The van der Waals surface area contributed by atoms with Crippen LogP contribution in [0, 0.1) is 4.91 Å². The third-order valence-electron chi connectivity index (χ3n) is 4.81. The summed E-state index contributed by atoms with van der Waals surface area (Å²) in [6.07, 6.45) is -1.37. The Kier molecular flexibility index (Phi) is 5.28. The Hall–Kier alpha value is -3.78. The summed E-state index contributed by atoms with van der Waals surface area (Å²) in [7, 11) is 1.36. The van der Waals surface area contributed by atoms with E-state index in [2.05, 4.69) is 10.3 Å². The number of hydrogen-bond donors (Lipinski definition) is 2. The molecule has 3 aromatic carbocycles. The minimum atomic E-state index is -3.05. The van der Waals surface area contributed by atoms with Gasteiger partial charge in [-0.25, -0.2) is 0 Å². The Bertz CT molecular complexity index is 1360. The van der Waals surface area contributed by atoms with Crippen molar-refractivity contribution in [3.05, 3.63) is 71.6 Å². The molecule has 2 N–H and O–H groups in total. The molecule has 0 radical (unpaired) electrons. The first-order chi connectivity index (χ1) is 17.2. The zero-order chi connectivity index (χ0) is 25.9. The third-order valence-corrected chi connectivity index (χ3v) is 4.81. The number of aliphatic hydroxyl groups is 1. The fourth-order valence-corrected chi connectivity index (χ4v) is 3.36. The first kappa shape index (κ1) is 16.9. The summed E-state index contributed by atoms with van der Waals surface area (Å²) >= 11 is 0. The fourth-order valence-electron chi connectivity index (χ4n) is 3.36. The molecule has 166 valence electrons. The molecule has 4 aromatic rings. The molecular formula is C24H25N3O5. The predicted molar refractivity (Wildman–Crippen MR) is 123 cm³/mol. The molecule has 0 bridgehead atoms. The minimum absolute atomic E-state index is 0.0598. The number of H-pyrrole nitrogens is 1. The van der Waals surface area contributed by atoms with Crippen molar-refractivity contribution in [2.24, 2.45) is 5.29 Å². The van der Waals surface area contributed by atoms with Crippen molar-refractivity contribution in [3.63, 3.8) is 0 Å². The fraction of sp³-hybridized carbons (Fsp3) is 0.250. The summed E-state index contributed by atoms with van der Waals surface area (Å²) in [4.78, 5) is 14.8. The van der Waals surface area contributed by atoms with Crippen LogP contribution in [0.2, 0.25) is 0 Å². The van der Waals surface area contributed by atoms with Gasteiger partial charge in [-0.15, -0.1) is 4.91 Å². The number of ether oxygens (including phenoxy) is 3. The monoisotopic (exact) mass is 439 g/mol. The lowest BCUT2D eigenvalue weighted by molar-refractivity contribution is 0.0640. The molecule has 1 unspecified atom stereocenters. The van der Waals surface area contributed by atoms with Crippen LogP contribution in [0.4, 0.5) is 0 Å². The Balaban J connectivity index is 1.47. The largest absolute Gasteiger partial charge is 0.493 e. The highest BCUT2D eigenvalue weighted by molar-refractivity contribution is 6.10. The molecule has 0 aliphatic heterocycles. The van der Waals surface area contributed by atoms with E-state index in [0.717, 1.165) is 21.8 Å². The number of aliphatic hydroxyl groups excluding tert-OH is 1. The number of nitrogens with one attached hydrogen (secondary N) is 1. The number of rotatable bonds is 11. The summed E-state index contributed by atoms with van der Waals surface area (Å²) in [5.41, 5.74) is 1.77. The Morgan fingerprint density at radius 1 is 1.00 bits per heavy atom. The number of aromatic amines is 1. The zero-order valence-electron chi connectivity index (χ0n) is 21.3. The molecular weight excluding hydrogens is 410 g/mol. The van der Waals surface area contributed by atoms with Crippen LogP contribution in [0.5, 0.6) is 17.2 Å². The van der Waals surface area contributed by atoms with E-state index < -0.39 is 25.7 Å². The number of benzene rings is 3. The summed E-state index contributed by atoms with van der Waals surface area (Å²) < 4.78 is 48.9. The van der Waals surface area contributed by atoms with Crippen LogP contribution >= 0.6 is 0 Å². The summed E-state index contributed by atoms with van der Waals surface area (Å²) in [5.74, 6) is 0.616. The minimum Gasteiger partial charge on any atom is -0.493 e. The van der Waals surface area contributed by atoms with Crippen molar-refractivity contribution in [1.82, 2.24) is 9.99 Å². The van der Waals surface area contributed by atoms with Gasteiger partial charge < -0.3 is 24.3 Å². The highest BCUT2D eigenvalue weighted by Crippen LogP contribution is 2.33. The average Bonchev–Trinajstić information content (AvgIpc) is 3.25. The zero-order valence-corrected chi connectivity index (χ0v) is 17.3. The topological polar surface area (TPSA) is 96.4 Å². The van der Waals surface area contributed by atoms with E-state index >= 15 is 0 Å². The van der Waals surface area contributed by atoms with Gasteiger partial charge in [0, 0.05) is 16.3 Å². The maximum atomic E-state index is 11.5. The molecule has 0 saturated heterocycles. The van der Waals surface area contributed by atoms with Gasteiger partial charge in [-0.05, 0) is 30.3 Å². The second-order valence-electron chi connectivity index (χ2n) is 6.94. The molecule has 1 aromatic heterocycles. The number of para-hydroxylation sites is 3. The van der Waals surface area contributed by atoms with Gasteiger partial charge in [-0.1, -0.05) is 36.4 Å². The number of fused-ring (bicyclic) bond motifs is 3. The van der Waals surface area contributed by atoms with Gasteiger partial charge in [0.1, 0.15) is 25.0 Å². The molecule has 0 amide bonds. The van der Waals surface area contributed by atoms with Gasteiger partial charge in [0.15, 0.2) is 11.5 Å². The molecule has 0 spiro atoms. The maximum absolute atomic E-state index is 11.5. The van der Waals surface area contributed by atoms with Crippen LogP contribution in [0.25, 0.3) is 21.8 Å². The van der Waals surface area contributed by atoms with Crippen LogP contribution in [0.3, 0.4) is 0 Å². The van der Waals surface area contributed by atoms with E-state index in [1.54, 1.807) is 24.3 Å². The Morgan fingerprint density at radius 2 is 1.72 bits per heavy atom. The Labute approximate surface area is 190 Å². The second-order valence-corrected chi connectivity index (χ2v) is 6.94. The lowest BCUT2D eigenvalue weighted by Gasteiger charge is -2.20. The van der Waals surface area contributed by atoms with Crippen LogP contribution in [-0.4, -0.2) is 54.5 Å². The van der Waals surface area contributed by atoms with E-state index in [4.69, 9.17) is 19.7 Å². The van der Waals surface area contributed by atoms with Crippen molar-refractivity contribution in [2.75, 3.05) is 33.3 Å². The standard InChI is InChI=1S/C24H25N3O5/c1-30-21-10-4-5-11-22(21)31-14-13-27(26-29)15-17(28)16-32-23-12-6-9-20-24(23)18-7-2-3-8-19(18)25-20/h2-12,17,25,28H,13-16H2,1H3/i13D2,14D2. The second kappa shape index (κ2) is 10.0. The van der Waals surface area contributed by atoms with Gasteiger partial charge in [-0.2, -0.15) is 0 Å². The van der Waals surface area contributed by atoms with Crippen molar-refractivity contribution in [2.45, 2.75) is 6.10 Å². The highest BCUT2D eigenvalue weighted by atomic mass is 16.5. The lowest BCUT2D eigenvalue weighted by atomic mass is 10.1.